The highest BCUT2D eigenvalue weighted by Crippen LogP contribution is 2.27. The molecule has 5 nitrogen and oxygen atoms in total. The van der Waals surface area contributed by atoms with Crippen molar-refractivity contribution in [2.75, 3.05) is 7.11 Å². The Balaban J connectivity index is 2.20. The minimum Gasteiger partial charge on any atom is -0.469 e. The van der Waals surface area contributed by atoms with Crippen LogP contribution >= 0.6 is 0 Å². The predicted molar refractivity (Wildman–Crippen MR) is 103 cm³/mol. The molecule has 2 unspecified atom stereocenters. The molecule has 0 bridgehead atoms. The van der Waals surface area contributed by atoms with E-state index < -0.39 is 12.2 Å². The molecule has 1 aliphatic rings. The molecule has 0 spiro atoms. The number of carbonyl (C=O) groups is 1. The summed E-state index contributed by atoms with van der Waals surface area (Å²) in [5, 5.41) is 20.3. The first-order valence-corrected chi connectivity index (χ1v) is 9.96. The number of methoxy groups -OCH3 is 1. The van der Waals surface area contributed by atoms with Crippen molar-refractivity contribution in [2.24, 2.45) is 0 Å². The number of esters is 1. The molecule has 4 atom stereocenters. The smallest absolute Gasteiger partial charge is 0.305 e. The highest BCUT2D eigenvalue weighted by molar-refractivity contribution is 5.68. The van der Waals surface area contributed by atoms with Crippen LogP contribution in [0.25, 0.3) is 0 Å². The summed E-state index contributed by atoms with van der Waals surface area (Å²) >= 11 is 0. The maximum atomic E-state index is 11.1. The largest absolute Gasteiger partial charge is 0.469 e. The lowest BCUT2D eigenvalue weighted by Gasteiger charge is -2.18. The van der Waals surface area contributed by atoms with Crippen molar-refractivity contribution in [3.05, 3.63) is 24.3 Å². The number of ether oxygens (including phenoxy) is 2. The first-order valence-electron chi connectivity index (χ1n) is 9.96. The maximum Gasteiger partial charge on any atom is 0.305 e. The number of rotatable bonds is 13. The van der Waals surface area contributed by atoms with E-state index in [1.807, 2.05) is 6.08 Å². The highest BCUT2D eigenvalue weighted by Gasteiger charge is 2.36. The van der Waals surface area contributed by atoms with Gasteiger partial charge in [0.1, 0.15) is 0 Å². The summed E-state index contributed by atoms with van der Waals surface area (Å²) in [5.41, 5.74) is 0. The van der Waals surface area contributed by atoms with E-state index in [1.54, 1.807) is 0 Å². The zero-order valence-electron chi connectivity index (χ0n) is 16.3. The predicted octanol–water partition coefficient (Wildman–Crippen LogP) is 3.68. The summed E-state index contributed by atoms with van der Waals surface area (Å²) in [6, 6.07) is 0. The Morgan fingerprint density at radius 1 is 1.23 bits per heavy atom. The number of allylic oxidation sites excluding steroid dienone is 3. The third-order valence-corrected chi connectivity index (χ3v) is 4.74. The molecule has 150 valence electrons. The second-order valence-electron chi connectivity index (χ2n) is 6.96. The van der Waals surface area contributed by atoms with Gasteiger partial charge in [0, 0.05) is 12.8 Å². The fraction of sp³-hybridized carbons (Fsp3) is 0.762. The minimum atomic E-state index is -0.658. The van der Waals surface area contributed by atoms with Crippen LogP contribution < -0.4 is 0 Å². The summed E-state index contributed by atoms with van der Waals surface area (Å²) in [4.78, 5) is 11.1. The number of hydrogen-bond acceptors (Lipinski definition) is 5. The summed E-state index contributed by atoms with van der Waals surface area (Å²) in [7, 11) is 1.36. The molecule has 0 aliphatic carbocycles. The molecule has 0 aromatic heterocycles. The quantitative estimate of drug-likeness (QED) is 0.295. The van der Waals surface area contributed by atoms with Gasteiger partial charge in [0.2, 0.25) is 0 Å². The first kappa shape index (κ1) is 22.9. The lowest BCUT2D eigenvalue weighted by molar-refractivity contribution is -0.140. The molecular weight excluding hydrogens is 332 g/mol. The lowest BCUT2D eigenvalue weighted by atomic mass is 10.0. The Morgan fingerprint density at radius 3 is 2.73 bits per heavy atom. The Morgan fingerprint density at radius 2 is 2.00 bits per heavy atom. The topological polar surface area (TPSA) is 76.0 Å². The van der Waals surface area contributed by atoms with Crippen molar-refractivity contribution >= 4 is 5.97 Å². The molecule has 1 heterocycles. The number of carbonyl (C=O) groups excluding carboxylic acids is 1. The molecule has 1 saturated heterocycles. The lowest BCUT2D eigenvalue weighted by Crippen LogP contribution is -2.26. The Hall–Kier alpha value is -1.17. The molecule has 0 radical (unpaired) electrons. The molecule has 1 rings (SSSR count). The molecule has 0 amide bonds. The van der Waals surface area contributed by atoms with Crippen molar-refractivity contribution in [3.63, 3.8) is 0 Å². The van der Waals surface area contributed by atoms with E-state index in [1.165, 1.54) is 26.4 Å². The van der Waals surface area contributed by atoms with Gasteiger partial charge in [-0.25, -0.2) is 0 Å². The van der Waals surface area contributed by atoms with Gasteiger partial charge in [-0.2, -0.15) is 0 Å². The summed E-state index contributed by atoms with van der Waals surface area (Å²) in [6.07, 6.45) is 14.9. The van der Waals surface area contributed by atoms with Crippen LogP contribution in [0.15, 0.2) is 24.3 Å². The zero-order chi connectivity index (χ0) is 19.2. The van der Waals surface area contributed by atoms with E-state index in [9.17, 15) is 15.0 Å². The third-order valence-electron chi connectivity index (χ3n) is 4.74. The van der Waals surface area contributed by atoms with E-state index in [0.717, 1.165) is 12.8 Å². The molecule has 26 heavy (non-hydrogen) atoms. The van der Waals surface area contributed by atoms with E-state index in [-0.39, 0.29) is 18.2 Å². The molecule has 5 heteroatoms. The van der Waals surface area contributed by atoms with Gasteiger partial charge in [-0.1, -0.05) is 44.1 Å². The second-order valence-corrected chi connectivity index (χ2v) is 6.96. The highest BCUT2D eigenvalue weighted by atomic mass is 16.5. The van der Waals surface area contributed by atoms with Crippen LogP contribution in [0.5, 0.6) is 0 Å². The van der Waals surface area contributed by atoms with E-state index >= 15 is 0 Å². The van der Waals surface area contributed by atoms with Gasteiger partial charge in [-0.05, 0) is 38.5 Å². The van der Waals surface area contributed by atoms with Crippen LogP contribution in [0.2, 0.25) is 0 Å². The number of aliphatic hydroxyl groups excluding tert-OH is 2. The zero-order valence-corrected chi connectivity index (χ0v) is 16.3. The molecule has 1 aliphatic heterocycles. The summed E-state index contributed by atoms with van der Waals surface area (Å²) in [5.74, 6) is -0.271. The number of aliphatic hydroxyl groups is 2. The Bertz CT molecular complexity index is 432. The molecule has 0 saturated carbocycles. The Kier molecular flexibility index (Phi) is 12.3. The average molecular weight is 369 g/mol. The van der Waals surface area contributed by atoms with Gasteiger partial charge in [-0.3, -0.25) is 4.79 Å². The fourth-order valence-corrected chi connectivity index (χ4v) is 3.10. The van der Waals surface area contributed by atoms with E-state index in [4.69, 9.17) is 4.74 Å². The average Bonchev–Trinajstić information content (AvgIpc) is 3.01. The van der Waals surface area contributed by atoms with Crippen molar-refractivity contribution in [1.29, 1.82) is 0 Å². The number of unbranched alkanes of at least 4 members (excludes halogenated alkanes) is 3. The van der Waals surface area contributed by atoms with Gasteiger partial charge in [0.05, 0.1) is 31.5 Å². The Labute approximate surface area is 158 Å². The fourth-order valence-electron chi connectivity index (χ4n) is 3.10. The normalized spacial score (nSPS) is 24.5. The van der Waals surface area contributed by atoms with Crippen molar-refractivity contribution in [1.82, 2.24) is 0 Å². The summed E-state index contributed by atoms with van der Waals surface area (Å²) < 4.78 is 10.4. The van der Waals surface area contributed by atoms with Crippen LogP contribution in [0.4, 0.5) is 0 Å². The monoisotopic (exact) mass is 368 g/mol. The van der Waals surface area contributed by atoms with Crippen molar-refractivity contribution < 1.29 is 24.5 Å². The third kappa shape index (κ3) is 9.51. The van der Waals surface area contributed by atoms with Gasteiger partial charge in [0.25, 0.3) is 0 Å². The van der Waals surface area contributed by atoms with E-state index in [2.05, 4.69) is 29.9 Å². The SMILES string of the molecule is CCCCCC=CCC=CC[C@H]1O[C@H](C(O)CCCC(=O)OC)CC1O. The standard InChI is InChI=1S/C21H36O5/c1-3-4-5-6-7-8-9-10-11-14-19-18(23)16-20(26-19)17(22)13-12-15-21(24)25-2/h7-8,10-11,17-20,22-23H,3-6,9,12-16H2,1-2H3/t17?,18?,19-,20+/m1/s1. The van der Waals surface area contributed by atoms with Crippen molar-refractivity contribution in [2.45, 2.75) is 95.5 Å². The van der Waals surface area contributed by atoms with Gasteiger partial charge < -0.3 is 19.7 Å². The van der Waals surface area contributed by atoms with Gasteiger partial charge in [-0.15, -0.1) is 0 Å². The van der Waals surface area contributed by atoms with Crippen LogP contribution in [0, 0.1) is 0 Å². The molecule has 0 aromatic rings. The second kappa shape index (κ2) is 14.0. The van der Waals surface area contributed by atoms with Gasteiger partial charge >= 0.3 is 5.97 Å². The van der Waals surface area contributed by atoms with Crippen LogP contribution in [-0.2, 0) is 14.3 Å². The van der Waals surface area contributed by atoms with Crippen LogP contribution in [0.3, 0.4) is 0 Å². The molecule has 1 fully saturated rings. The molecule has 0 aromatic carbocycles. The molecular formula is C21H36O5. The van der Waals surface area contributed by atoms with Crippen molar-refractivity contribution in [3.8, 4) is 0 Å². The minimum absolute atomic E-state index is 0.264. The number of hydrogen-bond donors (Lipinski definition) is 2. The first-order chi connectivity index (χ1) is 12.6. The van der Waals surface area contributed by atoms with Gasteiger partial charge in [0.15, 0.2) is 0 Å². The maximum absolute atomic E-state index is 11.1. The molecule has 2 N–H and O–H groups in total. The van der Waals surface area contributed by atoms with E-state index in [0.29, 0.717) is 32.1 Å². The van der Waals surface area contributed by atoms with Crippen LogP contribution in [-0.4, -0.2) is 47.7 Å². The van der Waals surface area contributed by atoms with Crippen LogP contribution in [0.1, 0.15) is 71.1 Å². The summed E-state index contributed by atoms with van der Waals surface area (Å²) in [6.45, 7) is 2.21.